The molecule has 0 N–H and O–H groups in total. The summed E-state index contributed by atoms with van der Waals surface area (Å²) in [6.45, 7) is -0.285. The van der Waals surface area contributed by atoms with Gasteiger partial charge in [-0.25, -0.2) is 4.98 Å². The number of rotatable bonds is 7. The Morgan fingerprint density at radius 1 is 1.42 bits per heavy atom. The van der Waals surface area contributed by atoms with Gasteiger partial charge in [-0.15, -0.1) is 0 Å². The summed E-state index contributed by atoms with van der Waals surface area (Å²) in [6, 6.07) is 7.34. The molecule has 0 radical (unpaired) electrons. The number of para-hydroxylation sites is 1. The van der Waals surface area contributed by atoms with Gasteiger partial charge in [-0.05, 0) is 19.1 Å². The van der Waals surface area contributed by atoms with Crippen molar-refractivity contribution in [2.75, 3.05) is 13.7 Å². The molecule has 1 aromatic carbocycles. The van der Waals surface area contributed by atoms with Crippen LogP contribution in [0.25, 0.3) is 6.08 Å². The van der Waals surface area contributed by atoms with E-state index in [0.717, 1.165) is 10.1 Å². The second-order valence-corrected chi connectivity index (χ2v) is 5.03. The lowest BCUT2D eigenvalue weighted by atomic mass is 10.2. The Bertz CT molecular complexity index is 713. The van der Waals surface area contributed by atoms with E-state index in [0.29, 0.717) is 12.4 Å². The van der Waals surface area contributed by atoms with Crippen molar-refractivity contribution in [1.82, 2.24) is 14.5 Å². The van der Waals surface area contributed by atoms with Crippen molar-refractivity contribution in [3.8, 4) is 5.75 Å². The normalized spacial score (nSPS) is 11.2. The van der Waals surface area contributed by atoms with E-state index in [4.69, 9.17) is 4.74 Å². The summed E-state index contributed by atoms with van der Waals surface area (Å²) in [5, 5.41) is 0. The zero-order chi connectivity index (χ0) is 17.5. The molecule has 0 aliphatic heterocycles. The van der Waals surface area contributed by atoms with Crippen LogP contribution in [0.4, 0.5) is 8.78 Å². The highest BCUT2D eigenvalue weighted by atomic mass is 19.3. The number of carbonyl (C=O) groups is 1. The summed E-state index contributed by atoms with van der Waals surface area (Å²) in [7, 11) is 1.53. The number of amides is 1. The first-order chi connectivity index (χ1) is 11.5. The number of alkyl halides is 2. The summed E-state index contributed by atoms with van der Waals surface area (Å²) >= 11 is 0. The molecule has 7 heteroatoms. The highest BCUT2D eigenvalue weighted by Crippen LogP contribution is 2.19. The van der Waals surface area contributed by atoms with Gasteiger partial charge in [0.1, 0.15) is 11.6 Å². The highest BCUT2D eigenvalue weighted by molar-refractivity contribution is 5.91. The van der Waals surface area contributed by atoms with Crippen LogP contribution >= 0.6 is 0 Å². The summed E-state index contributed by atoms with van der Waals surface area (Å²) < 4.78 is 31.8. The molecule has 0 saturated heterocycles. The number of ether oxygens (including phenoxy) is 1. The van der Waals surface area contributed by atoms with Gasteiger partial charge in [0.15, 0.2) is 0 Å². The molecule has 0 atom stereocenters. The average Bonchev–Trinajstić information content (AvgIpc) is 3.02. The maximum absolute atomic E-state index is 12.8. The molecule has 2 rings (SSSR count). The lowest BCUT2D eigenvalue weighted by Crippen LogP contribution is -2.26. The van der Waals surface area contributed by atoms with Crippen LogP contribution in [0.5, 0.6) is 5.75 Å². The number of carbonyl (C=O) groups excluding carboxylic acids is 1. The maximum Gasteiger partial charge on any atom is 0.319 e. The van der Waals surface area contributed by atoms with Crippen molar-refractivity contribution in [3.05, 3.63) is 54.1 Å². The van der Waals surface area contributed by atoms with Crippen LogP contribution in [0.15, 0.2) is 42.7 Å². The van der Waals surface area contributed by atoms with Crippen LogP contribution in [-0.4, -0.2) is 34.0 Å². The van der Waals surface area contributed by atoms with E-state index in [2.05, 4.69) is 4.98 Å². The van der Waals surface area contributed by atoms with E-state index >= 15 is 0 Å². The van der Waals surface area contributed by atoms with Crippen molar-refractivity contribution in [2.24, 2.45) is 0 Å². The number of nitrogens with zero attached hydrogens (tertiary/aromatic N) is 3. The van der Waals surface area contributed by atoms with E-state index in [1.807, 2.05) is 31.2 Å². The molecule has 1 heterocycles. The maximum atomic E-state index is 12.8. The predicted molar refractivity (Wildman–Crippen MR) is 86.6 cm³/mol. The standard InChI is InChI=1S/C17H19F2N3O2/c1-3-24-14-7-5-4-6-13(14)8-9-16(23)21(2)12-15-20-10-11-22(15)17(18)19/h4-11,17H,3,12H2,1-2H3/b9-8+. The van der Waals surface area contributed by atoms with Crippen LogP contribution in [-0.2, 0) is 11.3 Å². The number of benzene rings is 1. The molecule has 24 heavy (non-hydrogen) atoms. The Kier molecular flexibility index (Phi) is 6.06. The Labute approximate surface area is 139 Å². The SMILES string of the molecule is CCOc1ccccc1/C=C/C(=O)N(C)Cc1nccn1C(F)F. The average molecular weight is 335 g/mol. The van der Waals surface area contributed by atoms with Crippen molar-refractivity contribution in [2.45, 2.75) is 20.0 Å². The number of hydrogen-bond acceptors (Lipinski definition) is 3. The first-order valence-electron chi connectivity index (χ1n) is 7.47. The van der Waals surface area contributed by atoms with Gasteiger partial charge in [0, 0.05) is 31.1 Å². The Morgan fingerprint density at radius 3 is 2.88 bits per heavy atom. The Balaban J connectivity index is 2.05. The first-order valence-corrected chi connectivity index (χ1v) is 7.47. The Morgan fingerprint density at radius 2 is 2.17 bits per heavy atom. The third-order valence-electron chi connectivity index (χ3n) is 3.34. The Hall–Kier alpha value is -2.70. The zero-order valence-corrected chi connectivity index (χ0v) is 13.5. The van der Waals surface area contributed by atoms with Crippen LogP contribution in [0.1, 0.15) is 24.9 Å². The van der Waals surface area contributed by atoms with Gasteiger partial charge in [0.25, 0.3) is 0 Å². The van der Waals surface area contributed by atoms with Gasteiger partial charge in [-0.2, -0.15) is 8.78 Å². The fraction of sp³-hybridized carbons (Fsp3) is 0.294. The molecule has 1 aromatic heterocycles. The number of halogens is 2. The molecule has 0 bridgehead atoms. The lowest BCUT2D eigenvalue weighted by Gasteiger charge is -2.15. The number of imidazole rings is 1. The van der Waals surface area contributed by atoms with Gasteiger partial charge in [-0.1, -0.05) is 18.2 Å². The number of aromatic nitrogens is 2. The molecule has 0 fully saturated rings. The lowest BCUT2D eigenvalue weighted by molar-refractivity contribution is -0.125. The second kappa shape index (κ2) is 8.24. The molecule has 0 saturated carbocycles. The third-order valence-corrected chi connectivity index (χ3v) is 3.34. The molecular formula is C17H19F2N3O2. The topological polar surface area (TPSA) is 47.4 Å². The van der Waals surface area contributed by atoms with Crippen molar-refractivity contribution < 1.29 is 18.3 Å². The van der Waals surface area contributed by atoms with Crippen LogP contribution < -0.4 is 4.74 Å². The number of likely N-dealkylation sites (N-methyl/N-ethyl adjacent to an activating group) is 1. The summed E-state index contributed by atoms with van der Waals surface area (Å²) in [5.41, 5.74) is 0.773. The van der Waals surface area contributed by atoms with Gasteiger partial charge >= 0.3 is 6.55 Å². The van der Waals surface area contributed by atoms with E-state index in [1.165, 1.54) is 30.4 Å². The largest absolute Gasteiger partial charge is 0.493 e. The molecule has 128 valence electrons. The van der Waals surface area contributed by atoms with E-state index < -0.39 is 6.55 Å². The summed E-state index contributed by atoms with van der Waals surface area (Å²) in [4.78, 5) is 17.3. The van der Waals surface area contributed by atoms with Crippen molar-refractivity contribution >= 4 is 12.0 Å². The minimum atomic E-state index is -2.68. The monoisotopic (exact) mass is 335 g/mol. The predicted octanol–water partition coefficient (Wildman–Crippen LogP) is 3.35. The van der Waals surface area contributed by atoms with Crippen LogP contribution in [0.2, 0.25) is 0 Å². The fourth-order valence-corrected chi connectivity index (χ4v) is 2.13. The van der Waals surface area contributed by atoms with Crippen LogP contribution in [0, 0.1) is 0 Å². The third kappa shape index (κ3) is 4.41. The fourth-order valence-electron chi connectivity index (χ4n) is 2.13. The smallest absolute Gasteiger partial charge is 0.319 e. The summed E-state index contributed by atoms with van der Waals surface area (Å²) in [5.74, 6) is 0.494. The quantitative estimate of drug-likeness (QED) is 0.729. The van der Waals surface area contributed by atoms with Gasteiger partial charge in [0.2, 0.25) is 5.91 Å². The molecule has 0 spiro atoms. The summed E-state index contributed by atoms with van der Waals surface area (Å²) in [6.07, 6.45) is 5.50. The molecule has 0 unspecified atom stereocenters. The molecule has 0 aliphatic rings. The molecule has 1 amide bonds. The second-order valence-electron chi connectivity index (χ2n) is 5.03. The first kappa shape index (κ1) is 17.7. The number of hydrogen-bond donors (Lipinski definition) is 0. The van der Waals surface area contributed by atoms with Crippen molar-refractivity contribution in [3.63, 3.8) is 0 Å². The van der Waals surface area contributed by atoms with Gasteiger partial charge < -0.3 is 9.64 Å². The van der Waals surface area contributed by atoms with E-state index in [9.17, 15) is 13.6 Å². The molecular weight excluding hydrogens is 316 g/mol. The zero-order valence-electron chi connectivity index (χ0n) is 13.5. The van der Waals surface area contributed by atoms with Gasteiger partial charge in [0.05, 0.1) is 13.2 Å². The molecule has 0 aliphatic carbocycles. The minimum absolute atomic E-state index is 0.00633. The van der Waals surface area contributed by atoms with Gasteiger partial charge in [-0.3, -0.25) is 9.36 Å². The minimum Gasteiger partial charge on any atom is -0.493 e. The molecule has 2 aromatic rings. The van der Waals surface area contributed by atoms with Crippen LogP contribution in [0.3, 0.4) is 0 Å². The highest BCUT2D eigenvalue weighted by Gasteiger charge is 2.15. The van der Waals surface area contributed by atoms with E-state index in [-0.39, 0.29) is 18.3 Å². The van der Waals surface area contributed by atoms with E-state index in [1.54, 1.807) is 6.08 Å². The van der Waals surface area contributed by atoms with Crippen molar-refractivity contribution in [1.29, 1.82) is 0 Å². The molecule has 5 nitrogen and oxygen atoms in total.